The van der Waals surface area contributed by atoms with E-state index in [1.54, 1.807) is 0 Å². The second-order valence-electron chi connectivity index (χ2n) is 6.42. The summed E-state index contributed by atoms with van der Waals surface area (Å²) in [5.74, 6) is -0.188. The molecule has 0 atom stereocenters. The highest BCUT2D eigenvalue weighted by atomic mass is 16.5. The number of nitrogens with zero attached hydrogens (tertiary/aromatic N) is 1. The summed E-state index contributed by atoms with van der Waals surface area (Å²) in [7, 11) is 1.42. The Hall–Kier alpha value is -3.40. The molecular formula is C23H20N2O2. The van der Waals surface area contributed by atoms with Crippen molar-refractivity contribution in [2.24, 2.45) is 0 Å². The summed E-state index contributed by atoms with van der Waals surface area (Å²) in [5.41, 5.74) is 5.09. The quantitative estimate of drug-likeness (QED) is 0.393. The number of hydrogen-bond donors (Lipinski definition) is 1. The number of aryl methyl sites for hydroxylation is 1. The maximum absolute atomic E-state index is 11.3. The van der Waals surface area contributed by atoms with Crippen molar-refractivity contribution < 1.29 is 9.53 Å². The molecule has 27 heavy (non-hydrogen) atoms. The summed E-state index contributed by atoms with van der Waals surface area (Å²) in [5, 5.41) is 5.74. The smallest absolute Gasteiger partial charge is 0.305 e. The van der Waals surface area contributed by atoms with Crippen LogP contribution in [0.5, 0.6) is 0 Å². The lowest BCUT2D eigenvalue weighted by Crippen LogP contribution is -2.02. The third kappa shape index (κ3) is 3.60. The molecule has 0 bridgehead atoms. The Bertz CT molecular complexity index is 1050. The zero-order chi connectivity index (χ0) is 18.6. The van der Waals surface area contributed by atoms with Crippen molar-refractivity contribution in [3.63, 3.8) is 0 Å². The number of rotatable bonds is 5. The first-order chi connectivity index (χ1) is 13.2. The van der Waals surface area contributed by atoms with Crippen molar-refractivity contribution in [3.05, 3.63) is 78.4 Å². The van der Waals surface area contributed by atoms with Crippen LogP contribution >= 0.6 is 0 Å². The van der Waals surface area contributed by atoms with Gasteiger partial charge in [-0.3, -0.25) is 4.79 Å². The van der Waals surface area contributed by atoms with Gasteiger partial charge in [0.15, 0.2) is 0 Å². The molecule has 4 rings (SSSR count). The number of para-hydroxylation sites is 2. The van der Waals surface area contributed by atoms with Crippen molar-refractivity contribution in [1.29, 1.82) is 0 Å². The van der Waals surface area contributed by atoms with Gasteiger partial charge in [-0.1, -0.05) is 48.5 Å². The number of methoxy groups -OCH3 is 1. The molecule has 3 aromatic carbocycles. The van der Waals surface area contributed by atoms with Crippen LogP contribution in [0.3, 0.4) is 0 Å². The van der Waals surface area contributed by atoms with Crippen LogP contribution in [0, 0.1) is 0 Å². The van der Waals surface area contributed by atoms with Crippen LogP contribution in [0.2, 0.25) is 0 Å². The molecule has 0 amide bonds. The lowest BCUT2D eigenvalue weighted by molar-refractivity contribution is -0.140. The summed E-state index contributed by atoms with van der Waals surface area (Å²) in [6.45, 7) is 0. The van der Waals surface area contributed by atoms with Gasteiger partial charge in [0, 0.05) is 22.9 Å². The lowest BCUT2D eigenvalue weighted by Gasteiger charge is -2.13. The Morgan fingerprint density at radius 3 is 2.07 bits per heavy atom. The second-order valence-corrected chi connectivity index (χ2v) is 6.42. The molecule has 0 aliphatic heterocycles. The van der Waals surface area contributed by atoms with Crippen LogP contribution in [0.1, 0.15) is 12.0 Å². The first-order valence-electron chi connectivity index (χ1n) is 8.95. The summed E-state index contributed by atoms with van der Waals surface area (Å²) in [6.07, 6.45) is 1.07. The first-order valence-corrected chi connectivity index (χ1v) is 8.95. The SMILES string of the molecule is COC(=O)CCc1ccc(Nc2c3ccccc3nc3ccccc23)cc1. The maximum atomic E-state index is 11.3. The maximum Gasteiger partial charge on any atom is 0.305 e. The topological polar surface area (TPSA) is 51.2 Å². The predicted molar refractivity (Wildman–Crippen MR) is 109 cm³/mol. The number of fused-ring (bicyclic) bond motifs is 2. The van der Waals surface area contributed by atoms with Gasteiger partial charge in [-0.2, -0.15) is 0 Å². The number of benzene rings is 3. The molecule has 0 spiro atoms. The molecule has 0 saturated carbocycles. The van der Waals surface area contributed by atoms with Gasteiger partial charge in [0.05, 0.1) is 23.8 Å². The molecule has 0 fully saturated rings. The van der Waals surface area contributed by atoms with Gasteiger partial charge < -0.3 is 10.1 Å². The lowest BCUT2D eigenvalue weighted by atomic mass is 10.1. The third-order valence-corrected chi connectivity index (χ3v) is 4.66. The molecule has 0 radical (unpaired) electrons. The largest absolute Gasteiger partial charge is 0.469 e. The Kier molecular flexibility index (Phi) is 4.71. The fourth-order valence-electron chi connectivity index (χ4n) is 3.22. The molecule has 0 aliphatic rings. The number of hydrogen-bond acceptors (Lipinski definition) is 4. The summed E-state index contributed by atoms with van der Waals surface area (Å²) < 4.78 is 4.70. The van der Waals surface area contributed by atoms with Gasteiger partial charge in [-0.25, -0.2) is 4.98 Å². The van der Waals surface area contributed by atoms with Crippen LogP contribution < -0.4 is 5.32 Å². The van der Waals surface area contributed by atoms with Crippen LogP contribution in [-0.4, -0.2) is 18.1 Å². The van der Waals surface area contributed by atoms with Crippen molar-refractivity contribution in [3.8, 4) is 0 Å². The van der Waals surface area contributed by atoms with Crippen LogP contribution in [0.15, 0.2) is 72.8 Å². The van der Waals surface area contributed by atoms with Crippen LogP contribution in [-0.2, 0) is 16.0 Å². The second kappa shape index (κ2) is 7.46. The third-order valence-electron chi connectivity index (χ3n) is 4.66. The van der Waals surface area contributed by atoms with Crippen molar-refractivity contribution >= 4 is 39.1 Å². The molecule has 1 heterocycles. The molecule has 4 nitrogen and oxygen atoms in total. The van der Waals surface area contributed by atoms with E-state index < -0.39 is 0 Å². The van der Waals surface area contributed by atoms with Gasteiger partial charge >= 0.3 is 5.97 Å². The number of anilines is 2. The highest BCUT2D eigenvalue weighted by Crippen LogP contribution is 2.33. The summed E-state index contributed by atoms with van der Waals surface area (Å²) >= 11 is 0. The normalized spacial score (nSPS) is 10.9. The minimum absolute atomic E-state index is 0.188. The number of aromatic nitrogens is 1. The monoisotopic (exact) mass is 356 g/mol. The zero-order valence-electron chi connectivity index (χ0n) is 15.1. The Morgan fingerprint density at radius 2 is 1.48 bits per heavy atom. The van der Waals surface area contributed by atoms with Crippen LogP contribution in [0.25, 0.3) is 21.8 Å². The summed E-state index contributed by atoms with van der Waals surface area (Å²) in [6, 6.07) is 24.4. The van der Waals surface area contributed by atoms with E-state index >= 15 is 0 Å². The number of ether oxygens (including phenoxy) is 1. The van der Waals surface area contributed by atoms with Crippen molar-refractivity contribution in [2.75, 3.05) is 12.4 Å². The van der Waals surface area contributed by atoms with Crippen molar-refractivity contribution in [1.82, 2.24) is 4.98 Å². The highest BCUT2D eigenvalue weighted by Gasteiger charge is 2.09. The average molecular weight is 356 g/mol. The molecular weight excluding hydrogens is 336 g/mol. The van der Waals surface area contributed by atoms with E-state index in [1.807, 2.05) is 60.7 Å². The van der Waals surface area contributed by atoms with E-state index in [2.05, 4.69) is 17.4 Å². The van der Waals surface area contributed by atoms with E-state index in [9.17, 15) is 4.79 Å². The molecule has 0 unspecified atom stereocenters. The summed E-state index contributed by atoms with van der Waals surface area (Å²) in [4.78, 5) is 16.1. The van der Waals surface area contributed by atoms with E-state index in [0.717, 1.165) is 38.7 Å². The number of carbonyl (C=O) groups is 1. The van der Waals surface area contributed by atoms with Crippen LogP contribution in [0.4, 0.5) is 11.4 Å². The van der Waals surface area contributed by atoms with E-state index in [0.29, 0.717) is 12.8 Å². The van der Waals surface area contributed by atoms with E-state index in [4.69, 9.17) is 9.72 Å². The molecule has 0 saturated heterocycles. The molecule has 0 aliphatic carbocycles. The van der Waals surface area contributed by atoms with Crippen molar-refractivity contribution in [2.45, 2.75) is 12.8 Å². The van der Waals surface area contributed by atoms with E-state index in [-0.39, 0.29) is 5.97 Å². The van der Waals surface area contributed by atoms with Gasteiger partial charge in [0.2, 0.25) is 0 Å². The van der Waals surface area contributed by atoms with Gasteiger partial charge in [0.25, 0.3) is 0 Å². The minimum Gasteiger partial charge on any atom is -0.469 e. The predicted octanol–water partition coefficient (Wildman–Crippen LogP) is 5.24. The zero-order valence-corrected chi connectivity index (χ0v) is 15.1. The number of carbonyl (C=O) groups excluding carboxylic acids is 1. The highest BCUT2D eigenvalue weighted by molar-refractivity contribution is 6.08. The standard InChI is InChI=1S/C23H20N2O2/c1-27-22(26)15-12-16-10-13-17(14-11-16)24-23-18-6-2-4-8-20(18)25-21-9-5-3-7-19(21)23/h2-11,13-14H,12,15H2,1H3,(H,24,25). The first kappa shape index (κ1) is 17.0. The molecule has 134 valence electrons. The number of pyridine rings is 1. The molecule has 1 N–H and O–H groups in total. The number of nitrogens with one attached hydrogen (secondary N) is 1. The Labute approximate surface area is 157 Å². The Balaban J connectivity index is 1.67. The fourth-order valence-corrected chi connectivity index (χ4v) is 3.22. The van der Waals surface area contributed by atoms with E-state index in [1.165, 1.54) is 7.11 Å². The molecule has 1 aromatic heterocycles. The fraction of sp³-hybridized carbons (Fsp3) is 0.130. The van der Waals surface area contributed by atoms with Gasteiger partial charge in [0.1, 0.15) is 0 Å². The number of esters is 1. The Morgan fingerprint density at radius 1 is 0.889 bits per heavy atom. The molecule has 4 heteroatoms. The molecule has 4 aromatic rings. The average Bonchev–Trinajstić information content (AvgIpc) is 2.72. The van der Waals surface area contributed by atoms with Gasteiger partial charge in [-0.05, 0) is 36.2 Å². The van der Waals surface area contributed by atoms with Gasteiger partial charge in [-0.15, -0.1) is 0 Å². The minimum atomic E-state index is -0.188.